The molecule has 2 heteroatoms. The van der Waals surface area contributed by atoms with Crippen LogP contribution in [0.4, 0.5) is 0 Å². The molecule has 0 aromatic heterocycles. The second kappa shape index (κ2) is 2.69. The Morgan fingerprint density at radius 1 is 1.30 bits per heavy atom. The normalized spacial score (nSPS) is 26.9. The van der Waals surface area contributed by atoms with Crippen LogP contribution in [0.15, 0.2) is 10.2 Å². The maximum atomic E-state index is 4.23. The van der Waals surface area contributed by atoms with Gasteiger partial charge in [0.1, 0.15) is 0 Å². The number of nitrogens with zero attached hydrogens (tertiary/aromatic N) is 2. The van der Waals surface area contributed by atoms with Crippen LogP contribution in [0, 0.1) is 5.41 Å². The van der Waals surface area contributed by atoms with E-state index in [2.05, 4.69) is 31.0 Å². The molecule has 10 heavy (non-hydrogen) atoms. The van der Waals surface area contributed by atoms with Gasteiger partial charge in [-0.15, -0.1) is 0 Å². The van der Waals surface area contributed by atoms with Crippen LogP contribution in [0.1, 0.15) is 33.6 Å². The summed E-state index contributed by atoms with van der Waals surface area (Å²) in [7, 11) is 0. The van der Waals surface area contributed by atoms with E-state index in [0.29, 0.717) is 11.5 Å². The van der Waals surface area contributed by atoms with Crippen molar-refractivity contribution in [2.75, 3.05) is 6.54 Å². The lowest BCUT2D eigenvalue weighted by Gasteiger charge is -2.27. The Hall–Kier alpha value is -0.400. The van der Waals surface area contributed by atoms with E-state index in [0.717, 1.165) is 6.54 Å². The zero-order chi connectivity index (χ0) is 7.61. The fourth-order valence-corrected chi connectivity index (χ4v) is 1.18. The third-order valence-corrected chi connectivity index (χ3v) is 1.96. The smallest absolute Gasteiger partial charge is 0.0757 e. The molecule has 0 spiro atoms. The van der Waals surface area contributed by atoms with Crippen molar-refractivity contribution in [3.05, 3.63) is 0 Å². The molecule has 1 atom stereocenters. The lowest BCUT2D eigenvalue weighted by molar-refractivity contribution is 0.279. The van der Waals surface area contributed by atoms with E-state index in [1.165, 1.54) is 12.8 Å². The zero-order valence-corrected chi connectivity index (χ0v) is 7.09. The lowest BCUT2D eigenvalue weighted by Crippen LogP contribution is -2.25. The van der Waals surface area contributed by atoms with Gasteiger partial charge in [-0.2, -0.15) is 10.2 Å². The van der Waals surface area contributed by atoms with E-state index in [9.17, 15) is 0 Å². The summed E-state index contributed by atoms with van der Waals surface area (Å²) in [4.78, 5) is 0. The van der Waals surface area contributed by atoms with Crippen molar-refractivity contribution in [3.8, 4) is 0 Å². The highest BCUT2D eigenvalue weighted by Gasteiger charge is 2.25. The zero-order valence-electron chi connectivity index (χ0n) is 7.09. The van der Waals surface area contributed by atoms with Crippen molar-refractivity contribution in [1.82, 2.24) is 0 Å². The molecule has 0 N–H and O–H groups in total. The molecular weight excluding hydrogens is 124 g/mol. The van der Waals surface area contributed by atoms with Gasteiger partial charge < -0.3 is 0 Å². The van der Waals surface area contributed by atoms with Crippen molar-refractivity contribution in [2.24, 2.45) is 15.6 Å². The van der Waals surface area contributed by atoms with Crippen LogP contribution < -0.4 is 0 Å². The summed E-state index contributed by atoms with van der Waals surface area (Å²) in [5.74, 6) is 0. The van der Waals surface area contributed by atoms with Gasteiger partial charge in [0.2, 0.25) is 0 Å². The van der Waals surface area contributed by atoms with Crippen molar-refractivity contribution < 1.29 is 0 Å². The number of hydrogen-bond acceptors (Lipinski definition) is 2. The van der Waals surface area contributed by atoms with Crippen LogP contribution in [0.2, 0.25) is 0 Å². The van der Waals surface area contributed by atoms with E-state index in [1.54, 1.807) is 0 Å². The van der Waals surface area contributed by atoms with Gasteiger partial charge >= 0.3 is 0 Å². The molecule has 0 aliphatic carbocycles. The summed E-state index contributed by atoms with van der Waals surface area (Å²) in [6, 6.07) is 0.459. The Kier molecular flexibility index (Phi) is 2.07. The first-order valence-electron chi connectivity index (χ1n) is 3.97. The second-order valence-corrected chi connectivity index (χ2v) is 4.00. The molecule has 1 aliphatic heterocycles. The molecule has 0 amide bonds. The maximum Gasteiger partial charge on any atom is 0.0757 e. The molecule has 0 aromatic rings. The molecule has 0 radical (unpaired) electrons. The van der Waals surface area contributed by atoms with E-state index in [4.69, 9.17) is 0 Å². The van der Waals surface area contributed by atoms with Gasteiger partial charge in [0, 0.05) is 0 Å². The van der Waals surface area contributed by atoms with E-state index in [1.807, 2.05) is 0 Å². The number of hydrogen-bond donors (Lipinski definition) is 0. The van der Waals surface area contributed by atoms with Crippen molar-refractivity contribution in [3.63, 3.8) is 0 Å². The van der Waals surface area contributed by atoms with Crippen LogP contribution in [-0.4, -0.2) is 12.6 Å². The second-order valence-electron chi connectivity index (χ2n) is 4.00. The Bertz CT molecular complexity index is 133. The molecule has 1 aliphatic rings. The highest BCUT2D eigenvalue weighted by molar-refractivity contribution is 4.81. The molecule has 0 aromatic carbocycles. The first-order chi connectivity index (χ1) is 4.61. The summed E-state index contributed by atoms with van der Waals surface area (Å²) in [5.41, 5.74) is 0.309. The minimum Gasteiger partial charge on any atom is -0.194 e. The summed E-state index contributed by atoms with van der Waals surface area (Å²) < 4.78 is 0. The first kappa shape index (κ1) is 7.70. The lowest BCUT2D eigenvalue weighted by atomic mass is 9.84. The number of azo groups is 1. The van der Waals surface area contributed by atoms with Gasteiger partial charge in [-0.05, 0) is 18.3 Å². The van der Waals surface area contributed by atoms with Gasteiger partial charge in [0.15, 0.2) is 0 Å². The molecule has 58 valence electrons. The van der Waals surface area contributed by atoms with E-state index >= 15 is 0 Å². The van der Waals surface area contributed by atoms with Gasteiger partial charge in [-0.1, -0.05) is 20.8 Å². The monoisotopic (exact) mass is 140 g/mol. The average molecular weight is 140 g/mol. The van der Waals surface area contributed by atoms with E-state index < -0.39 is 0 Å². The summed E-state index contributed by atoms with van der Waals surface area (Å²) in [6.07, 6.45) is 2.43. The maximum absolute atomic E-state index is 4.23. The molecule has 0 bridgehead atoms. The van der Waals surface area contributed by atoms with Gasteiger partial charge in [0.05, 0.1) is 12.6 Å². The van der Waals surface area contributed by atoms with Crippen molar-refractivity contribution in [1.29, 1.82) is 0 Å². The molecule has 0 fully saturated rings. The predicted octanol–water partition coefficient (Wildman–Crippen LogP) is 2.65. The standard InChI is InChI=1S/C8H16N2/c1-8(2,3)7-5-4-6-9-10-7/h7H,4-6H2,1-3H3. The molecule has 1 rings (SSSR count). The predicted molar refractivity (Wildman–Crippen MR) is 42.2 cm³/mol. The molecule has 1 unspecified atom stereocenters. The van der Waals surface area contributed by atoms with Crippen LogP contribution in [0.5, 0.6) is 0 Å². The highest BCUT2D eigenvalue weighted by Crippen LogP contribution is 2.28. The van der Waals surface area contributed by atoms with Gasteiger partial charge in [-0.25, -0.2) is 0 Å². The Morgan fingerprint density at radius 2 is 2.00 bits per heavy atom. The van der Waals surface area contributed by atoms with Crippen molar-refractivity contribution in [2.45, 2.75) is 39.7 Å². The SMILES string of the molecule is CC(C)(C)C1CCCN=N1. The highest BCUT2D eigenvalue weighted by atomic mass is 15.1. The minimum absolute atomic E-state index is 0.309. The van der Waals surface area contributed by atoms with Gasteiger partial charge in [0.25, 0.3) is 0 Å². The third-order valence-electron chi connectivity index (χ3n) is 1.96. The quantitative estimate of drug-likeness (QED) is 0.494. The summed E-state index contributed by atoms with van der Waals surface area (Å²) >= 11 is 0. The molecule has 2 nitrogen and oxygen atoms in total. The largest absolute Gasteiger partial charge is 0.194 e. The average Bonchev–Trinajstić information content (AvgIpc) is 1.88. The number of rotatable bonds is 0. The van der Waals surface area contributed by atoms with Crippen LogP contribution >= 0.6 is 0 Å². The molecule has 0 saturated heterocycles. The third kappa shape index (κ3) is 1.79. The molecule has 1 heterocycles. The molecular formula is C8H16N2. The Labute approximate surface area is 62.7 Å². The minimum atomic E-state index is 0.309. The fraction of sp³-hybridized carbons (Fsp3) is 1.00. The fourth-order valence-electron chi connectivity index (χ4n) is 1.18. The Balaban J connectivity index is 2.55. The van der Waals surface area contributed by atoms with Crippen LogP contribution in [-0.2, 0) is 0 Å². The topological polar surface area (TPSA) is 24.7 Å². The van der Waals surface area contributed by atoms with Crippen LogP contribution in [0.25, 0.3) is 0 Å². The van der Waals surface area contributed by atoms with Crippen LogP contribution in [0.3, 0.4) is 0 Å². The Morgan fingerprint density at radius 3 is 2.30 bits per heavy atom. The summed E-state index contributed by atoms with van der Waals surface area (Å²) in [6.45, 7) is 7.61. The van der Waals surface area contributed by atoms with Gasteiger partial charge in [-0.3, -0.25) is 0 Å². The van der Waals surface area contributed by atoms with E-state index in [-0.39, 0.29) is 0 Å². The first-order valence-corrected chi connectivity index (χ1v) is 3.97. The van der Waals surface area contributed by atoms with Crippen molar-refractivity contribution >= 4 is 0 Å². The molecule has 0 saturated carbocycles. The summed E-state index contributed by atoms with van der Waals surface area (Å²) in [5, 5.41) is 8.28.